The van der Waals surface area contributed by atoms with E-state index in [4.69, 9.17) is 4.74 Å². The Morgan fingerprint density at radius 3 is 2.67 bits per heavy atom. The zero-order valence-electron chi connectivity index (χ0n) is 12.9. The number of aromatic nitrogens is 3. The maximum absolute atomic E-state index is 11.0. The summed E-state index contributed by atoms with van der Waals surface area (Å²) in [6, 6.07) is 12.5. The zero-order chi connectivity index (χ0) is 16.9. The molecule has 0 aliphatic heterocycles. The van der Waals surface area contributed by atoms with Gasteiger partial charge in [0.15, 0.2) is 5.75 Å². The van der Waals surface area contributed by atoms with Crippen molar-refractivity contribution in [1.82, 2.24) is 15.0 Å². The number of benzene rings is 2. The Morgan fingerprint density at radius 2 is 2.04 bits per heavy atom. The van der Waals surface area contributed by atoms with E-state index in [1.807, 2.05) is 24.3 Å². The van der Waals surface area contributed by atoms with Crippen molar-refractivity contribution in [2.45, 2.75) is 6.54 Å². The van der Waals surface area contributed by atoms with Crippen molar-refractivity contribution in [3.63, 3.8) is 0 Å². The Kier molecular flexibility index (Phi) is 4.37. The molecule has 0 spiro atoms. The highest BCUT2D eigenvalue weighted by Crippen LogP contribution is 2.27. The van der Waals surface area contributed by atoms with Gasteiger partial charge in [0.2, 0.25) is 0 Å². The number of rotatable bonds is 6. The molecule has 0 unspecified atom stereocenters. The molecule has 0 amide bonds. The van der Waals surface area contributed by atoms with Gasteiger partial charge in [-0.25, -0.2) is 4.68 Å². The van der Waals surface area contributed by atoms with E-state index in [1.54, 1.807) is 29.2 Å². The number of nitrogens with one attached hydrogen (secondary N) is 1. The van der Waals surface area contributed by atoms with Crippen molar-refractivity contribution in [1.29, 1.82) is 0 Å². The van der Waals surface area contributed by atoms with Crippen molar-refractivity contribution in [3.8, 4) is 11.4 Å². The molecular weight excluding hydrogens is 310 g/mol. The van der Waals surface area contributed by atoms with Gasteiger partial charge in [-0.1, -0.05) is 11.3 Å². The Morgan fingerprint density at radius 1 is 1.25 bits per heavy atom. The molecule has 1 heterocycles. The number of hydrogen-bond donors (Lipinski definition) is 1. The van der Waals surface area contributed by atoms with Crippen LogP contribution in [0.25, 0.3) is 5.69 Å². The highest BCUT2D eigenvalue weighted by Gasteiger charge is 2.14. The first-order valence-electron chi connectivity index (χ1n) is 7.19. The van der Waals surface area contributed by atoms with Crippen LogP contribution in [0.2, 0.25) is 0 Å². The fourth-order valence-electron chi connectivity index (χ4n) is 2.27. The third-order valence-electron chi connectivity index (χ3n) is 3.49. The van der Waals surface area contributed by atoms with E-state index in [0.717, 1.165) is 16.9 Å². The molecule has 8 nitrogen and oxygen atoms in total. The molecule has 0 aliphatic carbocycles. The number of nitro groups is 1. The first-order chi connectivity index (χ1) is 11.7. The minimum absolute atomic E-state index is 0.0432. The van der Waals surface area contributed by atoms with Crippen LogP contribution in [-0.2, 0) is 6.54 Å². The van der Waals surface area contributed by atoms with E-state index >= 15 is 0 Å². The Balaban J connectivity index is 1.69. The van der Waals surface area contributed by atoms with Gasteiger partial charge >= 0.3 is 5.69 Å². The summed E-state index contributed by atoms with van der Waals surface area (Å²) < 4.78 is 6.66. The molecule has 24 heavy (non-hydrogen) atoms. The molecule has 1 aromatic heterocycles. The first kappa shape index (κ1) is 15.5. The SMILES string of the molecule is COc1ccc(CNc2ccc(-n3ccnn3)cc2)cc1[N+](=O)[O-]. The molecule has 0 saturated carbocycles. The quantitative estimate of drug-likeness (QED) is 0.553. The Hall–Kier alpha value is -3.42. The average Bonchev–Trinajstić information content (AvgIpc) is 3.14. The van der Waals surface area contributed by atoms with Gasteiger partial charge in [-0.2, -0.15) is 0 Å². The summed E-state index contributed by atoms with van der Waals surface area (Å²) >= 11 is 0. The maximum atomic E-state index is 11.0. The van der Waals surface area contributed by atoms with Crippen molar-refractivity contribution in [3.05, 3.63) is 70.5 Å². The lowest BCUT2D eigenvalue weighted by Gasteiger charge is -2.09. The number of nitrogens with zero attached hydrogens (tertiary/aromatic N) is 4. The largest absolute Gasteiger partial charge is 0.490 e. The molecule has 0 fully saturated rings. The lowest BCUT2D eigenvalue weighted by Crippen LogP contribution is -2.02. The summed E-state index contributed by atoms with van der Waals surface area (Å²) in [5, 5.41) is 22.0. The smallest absolute Gasteiger partial charge is 0.311 e. The van der Waals surface area contributed by atoms with E-state index < -0.39 is 4.92 Å². The van der Waals surface area contributed by atoms with Crippen LogP contribution >= 0.6 is 0 Å². The summed E-state index contributed by atoms with van der Waals surface area (Å²) in [7, 11) is 1.41. The number of methoxy groups -OCH3 is 1. The summed E-state index contributed by atoms with van der Waals surface area (Å²) in [6.45, 7) is 0.466. The molecule has 3 aromatic rings. The van der Waals surface area contributed by atoms with Crippen molar-refractivity contribution < 1.29 is 9.66 Å². The molecule has 8 heteroatoms. The standard InChI is InChI=1S/C16H15N5O3/c1-24-16-7-2-12(10-15(16)21(22)23)11-17-13-3-5-14(6-4-13)20-9-8-18-19-20/h2-10,17H,11H2,1H3. The fraction of sp³-hybridized carbons (Fsp3) is 0.125. The zero-order valence-corrected chi connectivity index (χ0v) is 12.9. The number of anilines is 1. The Labute approximate surface area is 137 Å². The van der Waals surface area contributed by atoms with Gasteiger partial charge in [-0.05, 0) is 35.9 Å². The van der Waals surface area contributed by atoms with Crippen molar-refractivity contribution in [2.75, 3.05) is 12.4 Å². The predicted molar refractivity (Wildman–Crippen MR) is 88.3 cm³/mol. The second-order valence-corrected chi connectivity index (χ2v) is 5.01. The average molecular weight is 325 g/mol. The maximum Gasteiger partial charge on any atom is 0.311 e. The third-order valence-corrected chi connectivity index (χ3v) is 3.49. The third kappa shape index (κ3) is 3.32. The first-order valence-corrected chi connectivity index (χ1v) is 7.19. The number of nitro benzene ring substituents is 1. The van der Waals surface area contributed by atoms with E-state index in [0.29, 0.717) is 6.54 Å². The van der Waals surface area contributed by atoms with Gasteiger partial charge in [0.05, 0.1) is 30.1 Å². The van der Waals surface area contributed by atoms with E-state index in [1.165, 1.54) is 13.2 Å². The lowest BCUT2D eigenvalue weighted by molar-refractivity contribution is -0.385. The van der Waals surface area contributed by atoms with Crippen molar-refractivity contribution in [2.24, 2.45) is 0 Å². The Bertz CT molecular complexity index is 831. The molecular formula is C16H15N5O3. The normalized spacial score (nSPS) is 10.4. The highest BCUT2D eigenvalue weighted by atomic mass is 16.6. The minimum Gasteiger partial charge on any atom is -0.490 e. The van der Waals surface area contributed by atoms with Gasteiger partial charge < -0.3 is 10.1 Å². The summed E-state index contributed by atoms with van der Waals surface area (Å²) in [5.41, 5.74) is 2.55. The lowest BCUT2D eigenvalue weighted by atomic mass is 10.2. The van der Waals surface area contributed by atoms with Gasteiger partial charge in [0, 0.05) is 18.3 Å². The molecule has 1 N–H and O–H groups in total. The molecule has 0 atom stereocenters. The monoisotopic (exact) mass is 325 g/mol. The summed E-state index contributed by atoms with van der Waals surface area (Å²) in [6.07, 6.45) is 3.38. The van der Waals surface area contributed by atoms with Crippen LogP contribution in [-0.4, -0.2) is 27.0 Å². The molecule has 3 rings (SSSR count). The molecule has 0 radical (unpaired) electrons. The van der Waals surface area contributed by atoms with Crippen LogP contribution < -0.4 is 10.1 Å². The van der Waals surface area contributed by atoms with Gasteiger partial charge in [0.1, 0.15) is 0 Å². The second kappa shape index (κ2) is 6.78. The van der Waals surface area contributed by atoms with Crippen molar-refractivity contribution >= 4 is 11.4 Å². The predicted octanol–water partition coefficient (Wildman–Crippen LogP) is 2.80. The molecule has 2 aromatic carbocycles. The minimum atomic E-state index is -0.449. The van der Waals surface area contributed by atoms with Crippen LogP contribution in [0.3, 0.4) is 0 Å². The van der Waals surface area contributed by atoms with Crippen LogP contribution in [0.5, 0.6) is 5.75 Å². The van der Waals surface area contributed by atoms with Gasteiger partial charge in [-0.3, -0.25) is 10.1 Å². The second-order valence-electron chi connectivity index (χ2n) is 5.01. The van der Waals surface area contributed by atoms with E-state index in [-0.39, 0.29) is 11.4 Å². The van der Waals surface area contributed by atoms with Crippen LogP contribution in [0, 0.1) is 10.1 Å². The van der Waals surface area contributed by atoms with Crippen LogP contribution in [0.4, 0.5) is 11.4 Å². The molecule has 0 saturated heterocycles. The van der Waals surface area contributed by atoms with Crippen LogP contribution in [0.1, 0.15) is 5.56 Å². The number of hydrogen-bond acceptors (Lipinski definition) is 6. The summed E-state index contributed by atoms with van der Waals surface area (Å²) in [4.78, 5) is 10.6. The van der Waals surface area contributed by atoms with Gasteiger partial charge in [-0.15, -0.1) is 5.10 Å². The topological polar surface area (TPSA) is 95.1 Å². The number of ether oxygens (including phenoxy) is 1. The van der Waals surface area contributed by atoms with Crippen LogP contribution in [0.15, 0.2) is 54.9 Å². The summed E-state index contributed by atoms with van der Waals surface area (Å²) in [5.74, 6) is 0.251. The highest BCUT2D eigenvalue weighted by molar-refractivity contribution is 5.51. The van der Waals surface area contributed by atoms with E-state index in [2.05, 4.69) is 15.6 Å². The molecule has 122 valence electrons. The van der Waals surface area contributed by atoms with Gasteiger partial charge in [0.25, 0.3) is 0 Å². The molecule has 0 bridgehead atoms. The van der Waals surface area contributed by atoms with E-state index in [9.17, 15) is 10.1 Å². The molecule has 0 aliphatic rings. The fourth-order valence-corrected chi connectivity index (χ4v) is 2.27.